The normalized spacial score (nSPS) is 11.9. The highest BCUT2D eigenvalue weighted by atomic mass is 14.7. The van der Waals surface area contributed by atoms with Gasteiger partial charge in [0.05, 0.1) is 11.0 Å². The Morgan fingerprint density at radius 3 is 2.08 bits per heavy atom. The summed E-state index contributed by atoms with van der Waals surface area (Å²) in [4.78, 5) is 4.82. The SMILES string of the molecule is C=C/C=C(\C)C(=C)/C=c1/ccc(-c2cccc(-c3cccc(CCCCCCc4ccccc4)c3)c2)nc1=C. The second kappa shape index (κ2) is 14.1. The number of benzene rings is 3. The second-order valence-corrected chi connectivity index (χ2v) is 10.2. The quantitative estimate of drug-likeness (QED) is 0.138. The summed E-state index contributed by atoms with van der Waals surface area (Å²) in [6.45, 7) is 14.1. The van der Waals surface area contributed by atoms with E-state index >= 15 is 0 Å². The maximum absolute atomic E-state index is 4.82. The Hall–Kier alpha value is -4.23. The van der Waals surface area contributed by atoms with Crippen LogP contribution in [0.15, 0.2) is 127 Å². The fraction of sp³-hybridized carbons (Fsp3) is 0.184. The van der Waals surface area contributed by atoms with Gasteiger partial charge in [-0.2, -0.15) is 0 Å². The molecule has 0 radical (unpaired) electrons. The van der Waals surface area contributed by atoms with Gasteiger partial charge in [-0.05, 0) is 84.2 Å². The van der Waals surface area contributed by atoms with E-state index in [0.29, 0.717) is 0 Å². The van der Waals surface area contributed by atoms with E-state index in [1.54, 1.807) is 6.08 Å². The molecule has 0 amide bonds. The number of nitrogens with zero attached hydrogens (tertiary/aromatic N) is 1. The predicted octanol–water partition coefficient (Wildman–Crippen LogP) is 8.64. The van der Waals surface area contributed by atoms with Crippen LogP contribution in [0.3, 0.4) is 0 Å². The minimum Gasteiger partial charge on any atom is -0.248 e. The van der Waals surface area contributed by atoms with E-state index in [0.717, 1.165) is 39.4 Å². The number of rotatable bonds is 12. The average molecular weight is 510 g/mol. The van der Waals surface area contributed by atoms with Crippen molar-refractivity contribution < 1.29 is 0 Å². The topological polar surface area (TPSA) is 12.9 Å². The lowest BCUT2D eigenvalue weighted by atomic mass is 9.97. The molecule has 1 aromatic heterocycles. The number of aryl methyl sites for hydroxylation is 2. The summed E-state index contributed by atoms with van der Waals surface area (Å²) in [5.74, 6) is 0. The minimum atomic E-state index is 0.747. The molecule has 3 aromatic carbocycles. The molecule has 0 atom stereocenters. The molecule has 4 rings (SSSR count). The van der Waals surface area contributed by atoms with E-state index < -0.39 is 0 Å². The molecule has 39 heavy (non-hydrogen) atoms. The van der Waals surface area contributed by atoms with Crippen LogP contribution in [0.25, 0.3) is 35.0 Å². The van der Waals surface area contributed by atoms with Gasteiger partial charge in [0.15, 0.2) is 0 Å². The summed E-state index contributed by atoms with van der Waals surface area (Å²) < 4.78 is 0. The summed E-state index contributed by atoms with van der Waals surface area (Å²) >= 11 is 0. The lowest BCUT2D eigenvalue weighted by Gasteiger charge is -2.08. The highest BCUT2D eigenvalue weighted by Crippen LogP contribution is 2.26. The molecule has 0 saturated heterocycles. The molecular formula is C38H39N. The first-order chi connectivity index (χ1) is 19.0. The van der Waals surface area contributed by atoms with Crippen molar-refractivity contribution in [3.05, 3.63) is 149 Å². The van der Waals surface area contributed by atoms with Gasteiger partial charge in [0, 0.05) is 10.8 Å². The van der Waals surface area contributed by atoms with Gasteiger partial charge in [-0.15, -0.1) is 0 Å². The molecule has 0 fully saturated rings. The Kier molecular flexibility index (Phi) is 10.0. The Morgan fingerprint density at radius 1 is 0.718 bits per heavy atom. The first kappa shape index (κ1) is 27.8. The van der Waals surface area contributed by atoms with Gasteiger partial charge in [-0.25, -0.2) is 4.98 Å². The first-order valence-corrected chi connectivity index (χ1v) is 13.9. The Balaban J connectivity index is 1.39. The number of allylic oxidation sites excluding steroid dienone is 4. The second-order valence-electron chi connectivity index (χ2n) is 10.2. The van der Waals surface area contributed by atoms with Gasteiger partial charge in [0.2, 0.25) is 0 Å². The average Bonchev–Trinajstić information content (AvgIpc) is 2.97. The van der Waals surface area contributed by atoms with Crippen molar-refractivity contribution in [2.24, 2.45) is 0 Å². The number of pyridine rings is 1. The van der Waals surface area contributed by atoms with Crippen LogP contribution in [0.4, 0.5) is 0 Å². The molecule has 1 nitrogen and oxygen atoms in total. The molecule has 0 saturated carbocycles. The van der Waals surface area contributed by atoms with Crippen LogP contribution in [0.1, 0.15) is 43.7 Å². The summed E-state index contributed by atoms with van der Waals surface area (Å²) in [6.07, 6.45) is 13.1. The van der Waals surface area contributed by atoms with E-state index in [1.165, 1.54) is 54.4 Å². The Labute approximate surface area is 234 Å². The van der Waals surface area contributed by atoms with Crippen molar-refractivity contribution in [2.75, 3.05) is 0 Å². The third kappa shape index (κ3) is 8.12. The lowest BCUT2D eigenvalue weighted by Crippen LogP contribution is -2.26. The Morgan fingerprint density at radius 2 is 1.36 bits per heavy atom. The molecule has 1 heteroatoms. The highest BCUT2D eigenvalue weighted by Gasteiger charge is 2.05. The molecule has 0 unspecified atom stereocenters. The third-order valence-corrected chi connectivity index (χ3v) is 7.16. The van der Waals surface area contributed by atoms with Crippen LogP contribution < -0.4 is 10.6 Å². The zero-order chi connectivity index (χ0) is 27.5. The fourth-order valence-electron chi connectivity index (χ4n) is 4.81. The van der Waals surface area contributed by atoms with Crippen molar-refractivity contribution in [1.29, 1.82) is 0 Å². The van der Waals surface area contributed by atoms with E-state index in [2.05, 4.69) is 111 Å². The maximum atomic E-state index is 4.82. The zero-order valence-electron chi connectivity index (χ0n) is 23.2. The van der Waals surface area contributed by atoms with Crippen LogP contribution in [-0.2, 0) is 12.8 Å². The standard InChI is InChI=1S/C38H39N/c1-5-15-29(2)30(3)26-34-24-25-38(39-31(34)4)37-23-14-22-36(28-37)35-21-13-20-33(27-35)19-10-7-6-9-16-32-17-11-8-12-18-32/h5,8,11-15,17-18,20-28H,1,3-4,6-7,9-10,16,19H2,2H3/b29-15+,34-26-. The molecule has 0 N–H and O–H groups in total. The van der Waals surface area contributed by atoms with Gasteiger partial charge in [-0.3, -0.25) is 0 Å². The number of hydrogen-bond acceptors (Lipinski definition) is 1. The monoisotopic (exact) mass is 509 g/mol. The van der Waals surface area contributed by atoms with Gasteiger partial charge >= 0.3 is 0 Å². The van der Waals surface area contributed by atoms with Crippen molar-refractivity contribution in [3.8, 4) is 22.4 Å². The maximum Gasteiger partial charge on any atom is 0.0709 e. The third-order valence-electron chi connectivity index (χ3n) is 7.16. The van der Waals surface area contributed by atoms with Crippen molar-refractivity contribution >= 4 is 12.7 Å². The van der Waals surface area contributed by atoms with Crippen LogP contribution in [0.2, 0.25) is 0 Å². The number of unbranched alkanes of at least 4 members (excludes halogenated alkanes) is 3. The molecule has 0 spiro atoms. The van der Waals surface area contributed by atoms with Gasteiger partial charge in [0.25, 0.3) is 0 Å². The molecule has 4 aromatic rings. The summed E-state index contributed by atoms with van der Waals surface area (Å²) in [5.41, 5.74) is 9.33. The van der Waals surface area contributed by atoms with Crippen molar-refractivity contribution in [1.82, 2.24) is 4.98 Å². The van der Waals surface area contributed by atoms with Crippen LogP contribution >= 0.6 is 0 Å². The molecular weight excluding hydrogens is 470 g/mol. The predicted molar refractivity (Wildman–Crippen MR) is 170 cm³/mol. The van der Waals surface area contributed by atoms with Crippen molar-refractivity contribution in [2.45, 2.75) is 45.4 Å². The molecule has 1 heterocycles. The smallest absolute Gasteiger partial charge is 0.0709 e. The molecule has 0 aliphatic carbocycles. The molecule has 196 valence electrons. The van der Waals surface area contributed by atoms with E-state index in [9.17, 15) is 0 Å². The largest absolute Gasteiger partial charge is 0.248 e. The van der Waals surface area contributed by atoms with E-state index in [1.807, 2.05) is 19.1 Å². The lowest BCUT2D eigenvalue weighted by molar-refractivity contribution is 0.640. The van der Waals surface area contributed by atoms with E-state index in [4.69, 9.17) is 4.98 Å². The van der Waals surface area contributed by atoms with E-state index in [-0.39, 0.29) is 0 Å². The highest BCUT2D eigenvalue weighted by molar-refractivity contribution is 5.72. The van der Waals surface area contributed by atoms with Crippen molar-refractivity contribution in [3.63, 3.8) is 0 Å². The minimum absolute atomic E-state index is 0.747. The number of hydrogen-bond donors (Lipinski definition) is 0. The zero-order valence-corrected chi connectivity index (χ0v) is 23.2. The van der Waals surface area contributed by atoms with Crippen LogP contribution in [0, 0.1) is 0 Å². The Bertz CT molecular complexity index is 1560. The van der Waals surface area contributed by atoms with Crippen LogP contribution in [-0.4, -0.2) is 4.98 Å². The van der Waals surface area contributed by atoms with Gasteiger partial charge in [-0.1, -0.05) is 124 Å². The summed E-state index contributed by atoms with van der Waals surface area (Å²) in [5, 5.41) is 1.72. The molecule has 0 aliphatic heterocycles. The van der Waals surface area contributed by atoms with Gasteiger partial charge in [0.1, 0.15) is 0 Å². The first-order valence-electron chi connectivity index (χ1n) is 13.9. The number of aromatic nitrogens is 1. The fourth-order valence-corrected chi connectivity index (χ4v) is 4.81. The molecule has 0 aliphatic rings. The summed E-state index contributed by atoms with van der Waals surface area (Å²) in [6, 6.07) is 32.5. The summed E-state index contributed by atoms with van der Waals surface area (Å²) in [7, 11) is 0. The van der Waals surface area contributed by atoms with Gasteiger partial charge < -0.3 is 0 Å². The van der Waals surface area contributed by atoms with Crippen LogP contribution in [0.5, 0.6) is 0 Å². The molecule has 0 bridgehead atoms.